The molecule has 0 bridgehead atoms. The third kappa shape index (κ3) is 4.25. The summed E-state index contributed by atoms with van der Waals surface area (Å²) in [5.74, 6) is 1.90. The van der Waals surface area contributed by atoms with E-state index in [2.05, 4.69) is 92.7 Å². The van der Waals surface area contributed by atoms with Gasteiger partial charge in [0.25, 0.3) is 0 Å². The van der Waals surface area contributed by atoms with E-state index in [1.54, 1.807) is 23.2 Å². The second kappa shape index (κ2) is 9.96. The SMILES string of the molecule is Cn1c(=O)n(C)c2cc(-c3ccc(-c4nc(-c5ccccc5)nc(-c5ccc6c(c5)C(C)(C)c5ccccc5-6)n4)cc3)ccc21. The average Bonchev–Trinajstić information content (AvgIpc) is 3.45. The maximum absolute atomic E-state index is 12.4. The smallest absolute Gasteiger partial charge is 0.295 e. The second-order valence-corrected chi connectivity index (χ2v) is 12.3. The lowest BCUT2D eigenvalue weighted by Gasteiger charge is -2.21. The van der Waals surface area contributed by atoms with Crippen molar-refractivity contribution in [3.63, 3.8) is 0 Å². The molecule has 5 aromatic carbocycles. The molecule has 218 valence electrons. The summed E-state index contributed by atoms with van der Waals surface area (Å²) in [5.41, 5.74) is 11.7. The van der Waals surface area contributed by atoms with Crippen LogP contribution in [0, 0.1) is 0 Å². The van der Waals surface area contributed by atoms with Crippen LogP contribution in [0.15, 0.2) is 120 Å². The second-order valence-electron chi connectivity index (χ2n) is 12.3. The first-order chi connectivity index (χ1) is 21.8. The third-order valence-electron chi connectivity index (χ3n) is 9.26. The Balaban J connectivity index is 1.22. The predicted octanol–water partition coefficient (Wildman–Crippen LogP) is 8.04. The molecule has 0 amide bonds. The van der Waals surface area contributed by atoms with Gasteiger partial charge in [-0.25, -0.2) is 19.7 Å². The maximum atomic E-state index is 12.4. The molecule has 2 heterocycles. The summed E-state index contributed by atoms with van der Waals surface area (Å²) in [6.07, 6.45) is 0. The van der Waals surface area contributed by atoms with Crippen molar-refractivity contribution in [1.29, 1.82) is 0 Å². The highest BCUT2D eigenvalue weighted by molar-refractivity contribution is 5.84. The molecule has 0 saturated carbocycles. The van der Waals surface area contributed by atoms with E-state index in [0.717, 1.165) is 38.9 Å². The van der Waals surface area contributed by atoms with Crippen molar-refractivity contribution >= 4 is 11.0 Å². The maximum Gasteiger partial charge on any atom is 0.328 e. The van der Waals surface area contributed by atoms with Crippen LogP contribution in [0.25, 0.3) is 67.5 Å². The van der Waals surface area contributed by atoms with Crippen LogP contribution in [-0.2, 0) is 19.5 Å². The molecule has 6 nitrogen and oxygen atoms in total. The monoisotopic (exact) mass is 585 g/mol. The molecule has 7 aromatic rings. The summed E-state index contributed by atoms with van der Waals surface area (Å²) < 4.78 is 3.36. The summed E-state index contributed by atoms with van der Waals surface area (Å²) >= 11 is 0. The normalized spacial score (nSPS) is 13.2. The molecule has 0 radical (unpaired) electrons. The van der Waals surface area contributed by atoms with Crippen LogP contribution in [0.3, 0.4) is 0 Å². The highest BCUT2D eigenvalue weighted by Crippen LogP contribution is 2.49. The quantitative estimate of drug-likeness (QED) is 0.210. The standard InChI is InChI=1S/C39H31N5O/c1-39(2)31-13-9-8-12-29(31)30-20-18-28(22-32(30)39)37-41-35(25-10-6-5-7-11-25)40-36(42-37)26-16-14-24(15-17-26)27-19-21-33-34(23-27)44(4)38(45)43(33)3/h5-23H,1-4H3. The first-order valence-corrected chi connectivity index (χ1v) is 15.1. The van der Waals surface area contributed by atoms with Crippen molar-refractivity contribution in [2.24, 2.45) is 14.1 Å². The Morgan fingerprint density at radius 1 is 0.489 bits per heavy atom. The van der Waals surface area contributed by atoms with Crippen molar-refractivity contribution < 1.29 is 0 Å². The van der Waals surface area contributed by atoms with Gasteiger partial charge in [0.15, 0.2) is 17.5 Å². The number of rotatable bonds is 4. The molecule has 1 aliphatic carbocycles. The van der Waals surface area contributed by atoms with Crippen LogP contribution in [-0.4, -0.2) is 24.1 Å². The lowest BCUT2D eigenvalue weighted by atomic mass is 9.82. The number of hydrogen-bond acceptors (Lipinski definition) is 4. The minimum atomic E-state index is -0.120. The van der Waals surface area contributed by atoms with Gasteiger partial charge in [-0.1, -0.05) is 111 Å². The Morgan fingerprint density at radius 2 is 1.02 bits per heavy atom. The van der Waals surface area contributed by atoms with Gasteiger partial charge in [-0.15, -0.1) is 0 Å². The van der Waals surface area contributed by atoms with Gasteiger partial charge >= 0.3 is 5.69 Å². The lowest BCUT2D eigenvalue weighted by molar-refractivity contribution is 0.660. The molecule has 0 unspecified atom stereocenters. The van der Waals surface area contributed by atoms with E-state index in [9.17, 15) is 4.79 Å². The van der Waals surface area contributed by atoms with Crippen molar-refractivity contribution in [2.75, 3.05) is 0 Å². The highest BCUT2D eigenvalue weighted by Gasteiger charge is 2.35. The van der Waals surface area contributed by atoms with Crippen molar-refractivity contribution in [3.8, 4) is 56.4 Å². The number of benzene rings is 5. The molecule has 0 saturated heterocycles. The molecule has 2 aromatic heterocycles. The van der Waals surface area contributed by atoms with Gasteiger partial charge in [0.05, 0.1) is 11.0 Å². The van der Waals surface area contributed by atoms with Gasteiger partial charge in [0.1, 0.15) is 0 Å². The Morgan fingerprint density at radius 3 is 1.76 bits per heavy atom. The van der Waals surface area contributed by atoms with E-state index in [1.807, 2.05) is 36.4 Å². The van der Waals surface area contributed by atoms with Crippen LogP contribution in [0.2, 0.25) is 0 Å². The predicted molar refractivity (Wildman–Crippen MR) is 181 cm³/mol. The third-order valence-corrected chi connectivity index (χ3v) is 9.26. The number of nitrogens with zero attached hydrogens (tertiary/aromatic N) is 5. The van der Waals surface area contributed by atoms with Crippen molar-refractivity contribution in [1.82, 2.24) is 24.1 Å². The van der Waals surface area contributed by atoms with Gasteiger partial charge in [-0.3, -0.25) is 9.13 Å². The molecule has 0 aliphatic heterocycles. The van der Waals surface area contributed by atoms with Crippen LogP contribution < -0.4 is 5.69 Å². The fraction of sp³-hybridized carbons (Fsp3) is 0.128. The number of fused-ring (bicyclic) bond motifs is 4. The molecule has 0 atom stereocenters. The fourth-order valence-corrected chi connectivity index (χ4v) is 6.69. The molecule has 8 rings (SSSR count). The molecule has 0 spiro atoms. The zero-order valence-electron chi connectivity index (χ0n) is 25.6. The van der Waals surface area contributed by atoms with E-state index < -0.39 is 0 Å². The fourth-order valence-electron chi connectivity index (χ4n) is 6.69. The van der Waals surface area contributed by atoms with Crippen molar-refractivity contribution in [3.05, 3.63) is 137 Å². The number of aromatic nitrogens is 5. The lowest BCUT2D eigenvalue weighted by Crippen LogP contribution is -2.19. The Hall–Kier alpha value is -5.62. The Labute approximate surface area is 261 Å². The van der Waals surface area contributed by atoms with Gasteiger partial charge in [-0.2, -0.15) is 0 Å². The van der Waals surface area contributed by atoms with Crippen LogP contribution in [0.5, 0.6) is 0 Å². The molecule has 45 heavy (non-hydrogen) atoms. The first-order valence-electron chi connectivity index (χ1n) is 15.1. The summed E-state index contributed by atoms with van der Waals surface area (Å²) in [7, 11) is 3.61. The topological polar surface area (TPSA) is 65.6 Å². The zero-order valence-corrected chi connectivity index (χ0v) is 25.6. The molecule has 0 fully saturated rings. The summed E-state index contributed by atoms with van der Waals surface area (Å²) in [5, 5.41) is 0. The van der Waals surface area contributed by atoms with Crippen molar-refractivity contribution in [2.45, 2.75) is 19.3 Å². The minimum Gasteiger partial charge on any atom is -0.295 e. The Kier molecular flexibility index (Phi) is 5.97. The van der Waals surface area contributed by atoms with E-state index in [0.29, 0.717) is 17.5 Å². The van der Waals surface area contributed by atoms with E-state index in [-0.39, 0.29) is 11.1 Å². The number of aryl methyl sites for hydroxylation is 2. The number of imidazole rings is 1. The van der Waals surface area contributed by atoms with Crippen LogP contribution in [0.1, 0.15) is 25.0 Å². The first kappa shape index (κ1) is 27.0. The molecule has 6 heteroatoms. The van der Waals surface area contributed by atoms with Crippen LogP contribution in [0.4, 0.5) is 0 Å². The summed E-state index contributed by atoms with van der Waals surface area (Å²) in [6.45, 7) is 4.57. The largest absolute Gasteiger partial charge is 0.328 e. The summed E-state index contributed by atoms with van der Waals surface area (Å²) in [6, 6.07) is 39.7. The van der Waals surface area contributed by atoms with Gasteiger partial charge < -0.3 is 0 Å². The van der Waals surface area contributed by atoms with E-state index >= 15 is 0 Å². The van der Waals surface area contributed by atoms with Crippen LogP contribution >= 0.6 is 0 Å². The molecular formula is C39H31N5O. The van der Waals surface area contributed by atoms with Gasteiger partial charge in [0.2, 0.25) is 0 Å². The zero-order chi connectivity index (χ0) is 30.9. The number of hydrogen-bond donors (Lipinski definition) is 0. The van der Waals surface area contributed by atoms with E-state index in [4.69, 9.17) is 15.0 Å². The summed E-state index contributed by atoms with van der Waals surface area (Å²) in [4.78, 5) is 27.4. The highest BCUT2D eigenvalue weighted by atomic mass is 16.1. The molecular weight excluding hydrogens is 554 g/mol. The van der Waals surface area contributed by atoms with Gasteiger partial charge in [-0.05, 0) is 51.6 Å². The molecule has 1 aliphatic rings. The average molecular weight is 586 g/mol. The molecule has 0 N–H and O–H groups in total. The minimum absolute atomic E-state index is 0.0335. The Bertz CT molecular complexity index is 2330. The van der Waals surface area contributed by atoms with E-state index in [1.165, 1.54) is 22.3 Å². The van der Waals surface area contributed by atoms with Gasteiger partial charge in [0, 0.05) is 36.2 Å².